The quantitative estimate of drug-likeness (QED) is 0.904. The molecule has 0 saturated carbocycles. The lowest BCUT2D eigenvalue weighted by atomic mass is 10.2. The van der Waals surface area contributed by atoms with Crippen molar-refractivity contribution in [3.63, 3.8) is 0 Å². The minimum atomic E-state index is 0.213. The van der Waals surface area contributed by atoms with Crippen LogP contribution in [0.25, 0.3) is 0 Å². The topological polar surface area (TPSA) is 42.7 Å². The van der Waals surface area contributed by atoms with Gasteiger partial charge in [-0.05, 0) is 27.7 Å². The lowest BCUT2D eigenvalue weighted by Gasteiger charge is -2.10. The van der Waals surface area contributed by atoms with Crippen LogP contribution in [0.5, 0.6) is 0 Å². The van der Waals surface area contributed by atoms with E-state index in [4.69, 9.17) is 0 Å². The fourth-order valence-electron chi connectivity index (χ4n) is 1.60. The fraction of sp³-hybridized carbons (Fsp3) is 0.500. The van der Waals surface area contributed by atoms with Gasteiger partial charge in [-0.25, -0.2) is 4.98 Å². The van der Waals surface area contributed by atoms with Crippen molar-refractivity contribution in [2.75, 3.05) is 5.32 Å². The van der Waals surface area contributed by atoms with Crippen molar-refractivity contribution in [1.82, 2.24) is 14.8 Å². The molecule has 2 rings (SSSR count). The zero-order chi connectivity index (χ0) is 12.4. The van der Waals surface area contributed by atoms with E-state index in [-0.39, 0.29) is 6.04 Å². The van der Waals surface area contributed by atoms with Gasteiger partial charge in [0.2, 0.25) is 0 Å². The Labute approximate surface area is 106 Å². The van der Waals surface area contributed by atoms with Gasteiger partial charge in [-0.15, -0.1) is 11.3 Å². The van der Waals surface area contributed by atoms with Gasteiger partial charge in [-0.1, -0.05) is 0 Å². The van der Waals surface area contributed by atoms with Crippen LogP contribution < -0.4 is 5.32 Å². The summed E-state index contributed by atoms with van der Waals surface area (Å²) in [6.45, 7) is 8.37. The SMILES string of the molecule is Cc1nc(C(C)Nc2cnn(C(C)C)c2)cs1. The Balaban J connectivity index is 2.05. The number of thiazole rings is 1. The van der Waals surface area contributed by atoms with Gasteiger partial charge in [0.05, 0.1) is 28.6 Å². The zero-order valence-electron chi connectivity index (χ0n) is 10.6. The molecule has 2 aromatic heterocycles. The van der Waals surface area contributed by atoms with E-state index in [1.54, 1.807) is 11.3 Å². The standard InChI is InChI=1S/C12H18N4S/c1-8(2)16-6-11(5-13-16)14-9(3)12-7-17-10(4)15-12/h5-9,14H,1-4H3. The van der Waals surface area contributed by atoms with Crippen LogP contribution in [-0.4, -0.2) is 14.8 Å². The molecule has 17 heavy (non-hydrogen) atoms. The smallest absolute Gasteiger partial charge is 0.0898 e. The third-order valence-electron chi connectivity index (χ3n) is 2.59. The number of aryl methyl sites for hydroxylation is 1. The maximum absolute atomic E-state index is 4.48. The van der Waals surface area contributed by atoms with Crippen LogP contribution in [0.1, 0.15) is 43.6 Å². The molecule has 0 aliphatic carbocycles. The van der Waals surface area contributed by atoms with Gasteiger partial charge in [0.25, 0.3) is 0 Å². The molecule has 0 amide bonds. The summed E-state index contributed by atoms with van der Waals surface area (Å²) in [6, 6.07) is 0.604. The van der Waals surface area contributed by atoms with E-state index in [2.05, 4.69) is 41.6 Å². The highest BCUT2D eigenvalue weighted by Crippen LogP contribution is 2.21. The van der Waals surface area contributed by atoms with Gasteiger partial charge in [-0.3, -0.25) is 4.68 Å². The van der Waals surface area contributed by atoms with E-state index in [0.717, 1.165) is 16.4 Å². The molecule has 0 aromatic carbocycles. The molecule has 0 spiro atoms. The van der Waals surface area contributed by atoms with Crippen molar-refractivity contribution < 1.29 is 0 Å². The summed E-state index contributed by atoms with van der Waals surface area (Å²) in [6.07, 6.45) is 3.89. The van der Waals surface area contributed by atoms with Crippen molar-refractivity contribution in [1.29, 1.82) is 0 Å². The number of nitrogens with zero attached hydrogens (tertiary/aromatic N) is 3. The Hall–Kier alpha value is -1.36. The van der Waals surface area contributed by atoms with E-state index in [1.807, 2.05) is 24.0 Å². The van der Waals surface area contributed by atoms with Gasteiger partial charge < -0.3 is 5.32 Å². The van der Waals surface area contributed by atoms with E-state index in [0.29, 0.717) is 6.04 Å². The first kappa shape index (κ1) is 12.1. The molecule has 5 heteroatoms. The van der Waals surface area contributed by atoms with E-state index >= 15 is 0 Å². The van der Waals surface area contributed by atoms with Crippen molar-refractivity contribution in [3.8, 4) is 0 Å². The number of rotatable bonds is 4. The maximum Gasteiger partial charge on any atom is 0.0898 e. The zero-order valence-corrected chi connectivity index (χ0v) is 11.5. The minimum Gasteiger partial charge on any atom is -0.374 e. The van der Waals surface area contributed by atoms with Crippen molar-refractivity contribution >= 4 is 17.0 Å². The molecule has 2 heterocycles. The number of nitrogens with one attached hydrogen (secondary N) is 1. The Kier molecular flexibility index (Phi) is 3.47. The summed E-state index contributed by atoms with van der Waals surface area (Å²) in [5.41, 5.74) is 2.13. The minimum absolute atomic E-state index is 0.213. The Morgan fingerprint density at radius 3 is 2.65 bits per heavy atom. The van der Waals surface area contributed by atoms with Crippen LogP contribution in [0.15, 0.2) is 17.8 Å². The molecular formula is C12H18N4S. The van der Waals surface area contributed by atoms with Crippen molar-refractivity contribution in [2.24, 2.45) is 0 Å². The molecule has 92 valence electrons. The maximum atomic E-state index is 4.48. The van der Waals surface area contributed by atoms with Crippen LogP contribution in [0.2, 0.25) is 0 Å². The highest BCUT2D eigenvalue weighted by atomic mass is 32.1. The number of hydrogen-bond acceptors (Lipinski definition) is 4. The summed E-state index contributed by atoms with van der Waals surface area (Å²) in [7, 11) is 0. The van der Waals surface area contributed by atoms with Crippen LogP contribution >= 0.6 is 11.3 Å². The lowest BCUT2D eigenvalue weighted by Crippen LogP contribution is -2.06. The van der Waals surface area contributed by atoms with Crippen LogP contribution in [0.3, 0.4) is 0 Å². The molecule has 1 atom stereocenters. The average Bonchev–Trinajstić information content (AvgIpc) is 2.86. The second-order valence-electron chi connectivity index (χ2n) is 4.46. The van der Waals surface area contributed by atoms with Crippen LogP contribution in [-0.2, 0) is 0 Å². The molecule has 0 aliphatic heterocycles. The predicted octanol–water partition coefficient (Wildman–Crippen LogP) is 3.40. The molecule has 0 bridgehead atoms. The van der Waals surface area contributed by atoms with Gasteiger partial charge in [0.1, 0.15) is 0 Å². The molecule has 0 radical (unpaired) electrons. The molecule has 2 aromatic rings. The second kappa shape index (κ2) is 4.87. The van der Waals surface area contributed by atoms with Gasteiger partial charge in [0.15, 0.2) is 0 Å². The summed E-state index contributed by atoms with van der Waals surface area (Å²) in [4.78, 5) is 4.48. The molecule has 4 nitrogen and oxygen atoms in total. The Morgan fingerprint density at radius 1 is 1.35 bits per heavy atom. The van der Waals surface area contributed by atoms with Crippen LogP contribution in [0.4, 0.5) is 5.69 Å². The lowest BCUT2D eigenvalue weighted by molar-refractivity contribution is 0.532. The number of hydrogen-bond donors (Lipinski definition) is 1. The first-order valence-electron chi connectivity index (χ1n) is 5.79. The van der Waals surface area contributed by atoms with Crippen LogP contribution in [0, 0.1) is 6.92 Å². The normalized spacial score (nSPS) is 13.0. The summed E-state index contributed by atoms with van der Waals surface area (Å²) in [5.74, 6) is 0. The number of anilines is 1. The number of aromatic nitrogens is 3. The molecule has 0 fully saturated rings. The van der Waals surface area contributed by atoms with Gasteiger partial charge in [-0.2, -0.15) is 5.10 Å². The monoisotopic (exact) mass is 250 g/mol. The molecule has 0 aliphatic rings. The summed E-state index contributed by atoms with van der Waals surface area (Å²) >= 11 is 1.68. The van der Waals surface area contributed by atoms with E-state index in [9.17, 15) is 0 Å². The second-order valence-corrected chi connectivity index (χ2v) is 5.52. The molecule has 1 N–H and O–H groups in total. The molecule has 1 unspecified atom stereocenters. The van der Waals surface area contributed by atoms with E-state index < -0.39 is 0 Å². The molecular weight excluding hydrogens is 232 g/mol. The van der Waals surface area contributed by atoms with Crippen molar-refractivity contribution in [2.45, 2.75) is 39.8 Å². The highest BCUT2D eigenvalue weighted by Gasteiger charge is 2.10. The largest absolute Gasteiger partial charge is 0.374 e. The summed E-state index contributed by atoms with van der Waals surface area (Å²) < 4.78 is 1.95. The van der Waals surface area contributed by atoms with E-state index in [1.165, 1.54) is 0 Å². The average molecular weight is 250 g/mol. The third-order valence-corrected chi connectivity index (χ3v) is 3.39. The highest BCUT2D eigenvalue weighted by molar-refractivity contribution is 7.09. The van der Waals surface area contributed by atoms with Crippen molar-refractivity contribution in [3.05, 3.63) is 28.5 Å². The van der Waals surface area contributed by atoms with Gasteiger partial charge >= 0.3 is 0 Å². The van der Waals surface area contributed by atoms with Gasteiger partial charge in [0, 0.05) is 17.6 Å². The Bertz CT molecular complexity index is 486. The third kappa shape index (κ3) is 2.85. The predicted molar refractivity (Wildman–Crippen MR) is 71.5 cm³/mol. The summed E-state index contributed by atoms with van der Waals surface area (Å²) in [5, 5.41) is 10.9. The first-order chi connectivity index (χ1) is 8.06. The first-order valence-corrected chi connectivity index (χ1v) is 6.67. The molecule has 0 saturated heterocycles. The fourth-order valence-corrected chi connectivity index (χ4v) is 2.30. The Morgan fingerprint density at radius 2 is 2.12 bits per heavy atom.